The van der Waals surface area contributed by atoms with Crippen LogP contribution in [0.1, 0.15) is 39.2 Å². The molecule has 1 atom stereocenters. The number of aromatic nitrogens is 1. The van der Waals surface area contributed by atoms with Crippen LogP contribution in [0, 0.1) is 5.41 Å². The lowest BCUT2D eigenvalue weighted by atomic mass is 9.61. The maximum Gasteiger partial charge on any atom is 0.162 e. The predicted molar refractivity (Wildman–Crippen MR) is 112 cm³/mol. The van der Waals surface area contributed by atoms with Crippen molar-refractivity contribution in [2.24, 2.45) is 15.6 Å². The number of pyridine rings is 1. The zero-order chi connectivity index (χ0) is 20.2. The van der Waals surface area contributed by atoms with Gasteiger partial charge in [0.05, 0.1) is 6.54 Å². The van der Waals surface area contributed by atoms with Crippen molar-refractivity contribution < 1.29 is 4.79 Å². The molecular formula is C24H24N4O. The number of ketones is 1. The van der Waals surface area contributed by atoms with E-state index in [1.165, 1.54) is 0 Å². The topological polar surface area (TPSA) is 66.7 Å². The minimum Gasteiger partial charge on any atom is -0.342 e. The van der Waals surface area contributed by atoms with Crippen LogP contribution in [0.4, 0.5) is 0 Å². The third-order valence-electron chi connectivity index (χ3n) is 6.39. The number of carbonyl (C=O) groups excluding carboxylic acids is 1. The van der Waals surface area contributed by atoms with E-state index >= 15 is 0 Å². The maximum absolute atomic E-state index is 13.4. The monoisotopic (exact) mass is 384 g/mol. The fourth-order valence-electron chi connectivity index (χ4n) is 4.98. The molecule has 1 aromatic heterocycles. The van der Waals surface area contributed by atoms with Gasteiger partial charge in [0.15, 0.2) is 11.6 Å². The summed E-state index contributed by atoms with van der Waals surface area (Å²) in [4.78, 5) is 17.5. The second-order valence-electron chi connectivity index (χ2n) is 9.09. The van der Waals surface area contributed by atoms with Crippen LogP contribution in [0.3, 0.4) is 0 Å². The summed E-state index contributed by atoms with van der Waals surface area (Å²) in [5.74, 6) is 1.03. The van der Waals surface area contributed by atoms with E-state index in [0.717, 1.165) is 45.8 Å². The summed E-state index contributed by atoms with van der Waals surface area (Å²) in [6, 6.07) is 12.5. The average molecular weight is 384 g/mol. The molecule has 5 nitrogen and oxygen atoms in total. The number of rotatable bonds is 2. The molecule has 0 saturated carbocycles. The van der Waals surface area contributed by atoms with Gasteiger partial charge in [-0.1, -0.05) is 32.0 Å². The minimum atomic E-state index is -0.532. The van der Waals surface area contributed by atoms with Gasteiger partial charge in [0, 0.05) is 41.1 Å². The van der Waals surface area contributed by atoms with E-state index in [0.29, 0.717) is 13.0 Å². The Kier molecular flexibility index (Phi) is 3.85. The Morgan fingerprint density at radius 1 is 1.00 bits per heavy atom. The molecule has 0 bridgehead atoms. The highest BCUT2D eigenvalue weighted by atomic mass is 16.1. The van der Waals surface area contributed by atoms with Crippen molar-refractivity contribution in [3.63, 3.8) is 0 Å². The number of Topliss-reactive ketones (excluding diaryl/α,β-unsaturated/α-hetero) is 1. The zero-order valence-electron chi connectivity index (χ0n) is 17.0. The van der Waals surface area contributed by atoms with Gasteiger partial charge in [-0.3, -0.25) is 9.78 Å². The average Bonchev–Trinajstić information content (AvgIpc) is 3.16. The molecule has 146 valence electrons. The number of benzene rings is 1. The first-order chi connectivity index (χ1) is 13.9. The Morgan fingerprint density at radius 3 is 2.59 bits per heavy atom. The van der Waals surface area contributed by atoms with Gasteiger partial charge in [-0.05, 0) is 53.6 Å². The zero-order valence-corrected chi connectivity index (χ0v) is 17.0. The number of hydrogen-bond acceptors (Lipinski definition) is 5. The van der Waals surface area contributed by atoms with Gasteiger partial charge in [0.2, 0.25) is 0 Å². The van der Waals surface area contributed by atoms with Gasteiger partial charge < -0.3 is 5.32 Å². The standard InChI is InChI=1S/C24H24N4O/c1-23(2)12-19-21(20(29)13-23)24(3,18-14-26-28-22(18)27-19)17-6-4-5-16(11-17)15-7-9-25-10-8-15/h4-11,27H,12-14H2,1-3H3. The molecule has 3 aliphatic rings. The van der Waals surface area contributed by atoms with Gasteiger partial charge in [0.25, 0.3) is 0 Å². The molecule has 1 aliphatic carbocycles. The summed E-state index contributed by atoms with van der Waals surface area (Å²) >= 11 is 0. The largest absolute Gasteiger partial charge is 0.342 e. The van der Waals surface area contributed by atoms with Crippen LogP contribution in [0.25, 0.3) is 11.1 Å². The van der Waals surface area contributed by atoms with Crippen molar-refractivity contribution in [3.05, 3.63) is 77.0 Å². The first-order valence-electron chi connectivity index (χ1n) is 10.0. The molecule has 0 fully saturated rings. The summed E-state index contributed by atoms with van der Waals surface area (Å²) < 4.78 is 0. The maximum atomic E-state index is 13.4. The molecule has 0 saturated heterocycles. The van der Waals surface area contributed by atoms with E-state index in [1.807, 2.05) is 12.1 Å². The molecule has 1 unspecified atom stereocenters. The second-order valence-corrected chi connectivity index (χ2v) is 9.09. The molecular weight excluding hydrogens is 360 g/mol. The van der Waals surface area contributed by atoms with Gasteiger partial charge in [0.1, 0.15) is 0 Å². The van der Waals surface area contributed by atoms with E-state index in [9.17, 15) is 4.79 Å². The summed E-state index contributed by atoms with van der Waals surface area (Å²) in [6.07, 6.45) is 5.00. The van der Waals surface area contributed by atoms with Crippen molar-refractivity contribution >= 4 is 5.78 Å². The van der Waals surface area contributed by atoms with Gasteiger partial charge in [-0.15, -0.1) is 5.11 Å². The molecule has 3 heterocycles. The highest BCUT2D eigenvalue weighted by Gasteiger charge is 2.49. The van der Waals surface area contributed by atoms with Crippen LogP contribution in [0.2, 0.25) is 0 Å². The SMILES string of the molecule is CC1(C)CC(=O)C2=C(C1)NC1=C(CN=N1)C2(C)c1cccc(-c2ccncc2)c1. The van der Waals surface area contributed by atoms with Crippen molar-refractivity contribution in [2.75, 3.05) is 6.54 Å². The van der Waals surface area contributed by atoms with Gasteiger partial charge in [-0.25, -0.2) is 0 Å². The fraction of sp³-hybridized carbons (Fsp3) is 0.333. The Bertz CT molecular complexity index is 1110. The number of nitrogens with one attached hydrogen (secondary N) is 1. The summed E-state index contributed by atoms with van der Waals surface area (Å²) in [5, 5.41) is 12.1. The van der Waals surface area contributed by atoms with Crippen LogP contribution in [0.5, 0.6) is 0 Å². The normalized spacial score (nSPS) is 25.0. The van der Waals surface area contributed by atoms with Crippen molar-refractivity contribution in [1.29, 1.82) is 0 Å². The molecule has 2 aromatic rings. The molecule has 5 rings (SSSR count). The van der Waals surface area contributed by atoms with Crippen molar-refractivity contribution in [2.45, 2.75) is 39.0 Å². The third-order valence-corrected chi connectivity index (χ3v) is 6.39. The van der Waals surface area contributed by atoms with E-state index in [4.69, 9.17) is 0 Å². The Hall–Kier alpha value is -3.08. The van der Waals surface area contributed by atoms with Gasteiger partial charge in [-0.2, -0.15) is 5.11 Å². The molecule has 2 aliphatic heterocycles. The molecule has 0 radical (unpaired) electrons. The molecule has 1 N–H and O–H groups in total. The van der Waals surface area contributed by atoms with E-state index in [1.54, 1.807) is 12.4 Å². The molecule has 29 heavy (non-hydrogen) atoms. The van der Waals surface area contributed by atoms with Crippen LogP contribution in [-0.2, 0) is 10.2 Å². The minimum absolute atomic E-state index is 0.0590. The number of carbonyl (C=O) groups is 1. The first-order valence-corrected chi connectivity index (χ1v) is 10.0. The Labute approximate surface area is 170 Å². The predicted octanol–water partition coefficient (Wildman–Crippen LogP) is 4.93. The van der Waals surface area contributed by atoms with Crippen LogP contribution < -0.4 is 5.32 Å². The van der Waals surface area contributed by atoms with E-state index in [2.05, 4.69) is 65.6 Å². The highest BCUT2D eigenvalue weighted by molar-refractivity contribution is 6.01. The first kappa shape index (κ1) is 18.0. The second kappa shape index (κ2) is 6.21. The Morgan fingerprint density at radius 2 is 1.79 bits per heavy atom. The highest BCUT2D eigenvalue weighted by Crippen LogP contribution is 2.51. The van der Waals surface area contributed by atoms with Crippen LogP contribution in [-0.4, -0.2) is 17.3 Å². The lowest BCUT2D eigenvalue weighted by molar-refractivity contribution is -0.118. The summed E-state index contributed by atoms with van der Waals surface area (Å²) in [6.45, 7) is 6.98. The van der Waals surface area contributed by atoms with Crippen molar-refractivity contribution in [3.8, 4) is 11.1 Å². The number of nitrogens with zero attached hydrogens (tertiary/aromatic N) is 3. The number of hydrogen-bond donors (Lipinski definition) is 1. The number of dihydropyridines is 1. The lowest BCUT2D eigenvalue weighted by Gasteiger charge is -2.44. The van der Waals surface area contributed by atoms with Crippen molar-refractivity contribution in [1.82, 2.24) is 10.3 Å². The van der Waals surface area contributed by atoms with Gasteiger partial charge >= 0.3 is 0 Å². The summed E-state index contributed by atoms with van der Waals surface area (Å²) in [5.41, 5.74) is 5.71. The van der Waals surface area contributed by atoms with E-state index < -0.39 is 5.41 Å². The smallest absolute Gasteiger partial charge is 0.162 e. The van der Waals surface area contributed by atoms with Crippen LogP contribution >= 0.6 is 0 Å². The van der Waals surface area contributed by atoms with E-state index in [-0.39, 0.29) is 11.2 Å². The molecule has 0 amide bonds. The molecule has 1 aromatic carbocycles. The Balaban J connectivity index is 1.70. The third kappa shape index (κ3) is 2.76. The molecule has 0 spiro atoms. The number of allylic oxidation sites excluding steroid dienone is 2. The lowest BCUT2D eigenvalue weighted by Crippen LogP contribution is -2.44. The number of azo groups is 1. The quantitative estimate of drug-likeness (QED) is 0.798. The molecule has 5 heteroatoms. The fourth-order valence-corrected chi connectivity index (χ4v) is 4.98. The summed E-state index contributed by atoms with van der Waals surface area (Å²) in [7, 11) is 0. The van der Waals surface area contributed by atoms with Crippen LogP contribution in [0.15, 0.2) is 81.7 Å².